The van der Waals surface area contributed by atoms with E-state index in [0.717, 1.165) is 5.69 Å². The number of nitrogens with one attached hydrogen (secondary N) is 2. The number of hydrogen-bond donors (Lipinski definition) is 2. The van der Waals surface area contributed by atoms with Crippen molar-refractivity contribution < 1.29 is 19.1 Å². The number of benzene rings is 2. The molecule has 0 aliphatic heterocycles. The van der Waals surface area contributed by atoms with Crippen molar-refractivity contribution in [3.8, 4) is 11.5 Å². The van der Waals surface area contributed by atoms with Crippen LogP contribution in [0.15, 0.2) is 61.3 Å². The molecule has 3 aromatic rings. The second-order valence-corrected chi connectivity index (χ2v) is 8.38. The molecule has 0 aliphatic rings. The minimum absolute atomic E-state index is 0.204. The van der Waals surface area contributed by atoms with E-state index in [0.29, 0.717) is 37.6 Å². The quantitative estimate of drug-likeness (QED) is 0.0928. The van der Waals surface area contributed by atoms with Gasteiger partial charge in [0.25, 0.3) is 0 Å². The van der Waals surface area contributed by atoms with Gasteiger partial charge in [-0.3, -0.25) is 9.59 Å². The third kappa shape index (κ3) is 6.81. The second kappa shape index (κ2) is 12.7. The van der Waals surface area contributed by atoms with Gasteiger partial charge in [-0.15, -0.1) is 0 Å². The normalized spacial score (nSPS) is 10.3. The number of nitrogens with zero attached hydrogens (tertiary/aromatic N) is 3. The fourth-order valence-electron chi connectivity index (χ4n) is 3.08. The van der Waals surface area contributed by atoms with Crippen molar-refractivity contribution in [3.63, 3.8) is 0 Å². The van der Waals surface area contributed by atoms with Gasteiger partial charge >= 0.3 is 0 Å². The number of methoxy groups -OCH3 is 1. The lowest BCUT2D eigenvalue weighted by Gasteiger charge is -2.22. The predicted molar refractivity (Wildman–Crippen MR) is 154 cm³/mol. The van der Waals surface area contributed by atoms with Gasteiger partial charge in [0.1, 0.15) is 21.8 Å². The van der Waals surface area contributed by atoms with E-state index in [1.807, 2.05) is 11.9 Å². The van der Waals surface area contributed by atoms with Gasteiger partial charge in [0, 0.05) is 24.9 Å². The van der Waals surface area contributed by atoms with Crippen LogP contribution in [-0.4, -0.2) is 45.0 Å². The number of amides is 1. The van der Waals surface area contributed by atoms with Crippen LogP contribution in [0.25, 0.3) is 0 Å². The Kier molecular flexibility index (Phi) is 9.65. The van der Waals surface area contributed by atoms with E-state index >= 15 is 0 Å². The summed E-state index contributed by atoms with van der Waals surface area (Å²) < 4.78 is 12.2. The molecule has 0 fully saturated rings. The van der Waals surface area contributed by atoms with Gasteiger partial charge in [0.15, 0.2) is 0 Å². The Balaban J connectivity index is 1.92. The van der Waals surface area contributed by atoms with Crippen LogP contribution < -0.4 is 25.0 Å². The number of ketones is 1. The molecule has 0 spiro atoms. The van der Waals surface area contributed by atoms with Gasteiger partial charge in [-0.2, -0.15) is 0 Å². The number of rotatable bonds is 11. The average molecular weight is 699 g/mol. The maximum absolute atomic E-state index is 13.0. The van der Waals surface area contributed by atoms with E-state index in [4.69, 9.17) is 9.47 Å². The SMILES string of the molecule is C=CC(=O)Nc1cc(Nc2nccc(C(=O)c3ccc(OCI)cc3)n2)c(OC)cc1N(C)CI. The van der Waals surface area contributed by atoms with Gasteiger partial charge in [0.2, 0.25) is 17.6 Å². The maximum atomic E-state index is 13.0. The molecule has 1 aromatic heterocycles. The molecule has 2 N–H and O–H groups in total. The molecule has 0 bridgehead atoms. The number of aromatic nitrogens is 2. The summed E-state index contributed by atoms with van der Waals surface area (Å²) in [6, 6.07) is 11.9. The molecular formula is C24H23I2N5O4. The first-order valence-electron chi connectivity index (χ1n) is 10.3. The number of carbonyl (C=O) groups is 2. The lowest BCUT2D eigenvalue weighted by Crippen LogP contribution is -2.18. The molecule has 0 aliphatic carbocycles. The van der Waals surface area contributed by atoms with Gasteiger partial charge in [0.05, 0.1) is 28.7 Å². The van der Waals surface area contributed by atoms with Gasteiger partial charge in [-0.1, -0.05) is 29.2 Å². The maximum Gasteiger partial charge on any atom is 0.247 e. The van der Waals surface area contributed by atoms with Crippen molar-refractivity contribution in [2.45, 2.75) is 0 Å². The molecular weight excluding hydrogens is 676 g/mol. The average Bonchev–Trinajstić information content (AvgIpc) is 2.88. The van der Waals surface area contributed by atoms with Crippen LogP contribution in [0.5, 0.6) is 11.5 Å². The Morgan fingerprint density at radius 2 is 1.89 bits per heavy atom. The summed E-state index contributed by atoms with van der Waals surface area (Å²) in [6.45, 7) is 3.51. The Bertz CT molecular complexity index is 1220. The molecule has 182 valence electrons. The topological polar surface area (TPSA) is 106 Å². The van der Waals surface area contributed by atoms with Crippen molar-refractivity contribution >= 4 is 79.9 Å². The molecule has 0 saturated heterocycles. The summed E-state index contributed by atoms with van der Waals surface area (Å²) in [5.74, 6) is 0.808. The molecule has 11 heteroatoms. The predicted octanol–water partition coefficient (Wildman–Crippen LogP) is 5.18. The minimum atomic E-state index is -0.344. The van der Waals surface area contributed by atoms with Gasteiger partial charge < -0.3 is 25.0 Å². The minimum Gasteiger partial charge on any atom is -0.494 e. The lowest BCUT2D eigenvalue weighted by molar-refractivity contribution is -0.111. The number of ether oxygens (including phenoxy) is 2. The Morgan fingerprint density at radius 3 is 2.51 bits per heavy atom. The smallest absolute Gasteiger partial charge is 0.247 e. The monoisotopic (exact) mass is 699 g/mol. The lowest BCUT2D eigenvalue weighted by atomic mass is 10.1. The van der Waals surface area contributed by atoms with Crippen LogP contribution in [0.4, 0.5) is 23.0 Å². The standard InChI is InChI=1S/C24H23I2N5O4/c1-4-22(32)28-18-11-19(21(34-3)12-20(18)31(2)13-25)30-24-27-10-9-17(29-24)23(33)15-5-7-16(8-6-15)35-14-26/h4-12H,1,13-14H2,2-3H3,(H,28,32)(H,27,29,30). The third-order valence-corrected chi connectivity index (χ3v) is 6.16. The van der Waals surface area contributed by atoms with E-state index in [1.54, 1.807) is 49.6 Å². The highest BCUT2D eigenvalue weighted by atomic mass is 127. The zero-order valence-electron chi connectivity index (χ0n) is 19.0. The first-order valence-corrected chi connectivity index (χ1v) is 13.3. The van der Waals surface area contributed by atoms with Crippen LogP contribution in [0.3, 0.4) is 0 Å². The van der Waals surface area contributed by atoms with Crippen molar-refractivity contribution in [1.82, 2.24) is 9.97 Å². The fourth-order valence-corrected chi connectivity index (χ4v) is 3.81. The number of alkyl halides is 2. The molecule has 1 heterocycles. The first kappa shape index (κ1) is 26.7. The van der Waals surface area contributed by atoms with E-state index < -0.39 is 0 Å². The Hall–Kier alpha value is -2.94. The zero-order valence-corrected chi connectivity index (χ0v) is 23.4. The molecule has 2 aromatic carbocycles. The van der Waals surface area contributed by atoms with Gasteiger partial charge in [-0.05, 0) is 65.1 Å². The molecule has 9 nitrogen and oxygen atoms in total. The molecule has 0 saturated carbocycles. The molecule has 0 unspecified atom stereocenters. The number of hydrogen-bond acceptors (Lipinski definition) is 8. The summed E-state index contributed by atoms with van der Waals surface area (Å²) in [7, 11) is 3.44. The molecule has 1 amide bonds. The van der Waals surface area contributed by atoms with Crippen molar-refractivity contribution in [2.24, 2.45) is 0 Å². The number of carbonyl (C=O) groups excluding carboxylic acids is 2. The van der Waals surface area contributed by atoms with E-state index in [-0.39, 0.29) is 23.3 Å². The number of halogens is 2. The largest absolute Gasteiger partial charge is 0.494 e. The summed E-state index contributed by atoms with van der Waals surface area (Å²) in [6.07, 6.45) is 2.70. The zero-order chi connectivity index (χ0) is 25.4. The molecule has 35 heavy (non-hydrogen) atoms. The summed E-state index contributed by atoms with van der Waals surface area (Å²) in [4.78, 5) is 35.5. The Labute approximate surface area is 230 Å². The second-order valence-electron chi connectivity index (χ2n) is 7.08. The van der Waals surface area contributed by atoms with Crippen LogP contribution in [0, 0.1) is 0 Å². The highest BCUT2D eigenvalue weighted by Gasteiger charge is 2.17. The highest BCUT2D eigenvalue weighted by molar-refractivity contribution is 14.1. The van der Waals surface area contributed by atoms with Crippen molar-refractivity contribution in [2.75, 3.05) is 38.9 Å². The fraction of sp³-hybridized carbons (Fsp3) is 0.167. The van der Waals surface area contributed by atoms with Crippen LogP contribution in [0.2, 0.25) is 0 Å². The van der Waals surface area contributed by atoms with Crippen LogP contribution in [-0.2, 0) is 4.79 Å². The van der Waals surface area contributed by atoms with Crippen molar-refractivity contribution in [1.29, 1.82) is 0 Å². The molecule has 0 radical (unpaired) electrons. The highest BCUT2D eigenvalue weighted by Crippen LogP contribution is 2.38. The summed E-state index contributed by atoms with van der Waals surface area (Å²) >= 11 is 4.33. The van der Waals surface area contributed by atoms with E-state index in [9.17, 15) is 9.59 Å². The third-order valence-electron chi connectivity index (χ3n) is 4.82. The van der Waals surface area contributed by atoms with E-state index in [1.165, 1.54) is 12.3 Å². The molecule has 0 atom stereocenters. The van der Waals surface area contributed by atoms with Crippen LogP contribution >= 0.6 is 45.2 Å². The Morgan fingerprint density at radius 1 is 1.14 bits per heavy atom. The molecule has 3 rings (SSSR count). The summed E-state index contributed by atoms with van der Waals surface area (Å²) in [5.41, 5.74) is 2.54. The number of anilines is 4. The van der Waals surface area contributed by atoms with E-state index in [2.05, 4.69) is 72.4 Å². The van der Waals surface area contributed by atoms with Crippen LogP contribution in [0.1, 0.15) is 16.1 Å². The first-order chi connectivity index (χ1) is 16.9. The van der Waals surface area contributed by atoms with Crippen molar-refractivity contribution in [3.05, 3.63) is 72.6 Å². The van der Waals surface area contributed by atoms with Gasteiger partial charge in [-0.25, -0.2) is 9.97 Å². The summed E-state index contributed by atoms with van der Waals surface area (Å²) in [5, 5.41) is 5.91.